The zero-order valence-electron chi connectivity index (χ0n) is 14.4. The molecule has 0 amide bonds. The first-order valence-corrected chi connectivity index (χ1v) is 7.66. The molecule has 0 saturated heterocycles. The van der Waals surface area contributed by atoms with Crippen LogP contribution in [-0.2, 0) is 20.2 Å². The van der Waals surface area contributed by atoms with Gasteiger partial charge in [-0.2, -0.15) is 0 Å². The molecule has 0 spiro atoms. The highest BCUT2D eigenvalue weighted by Gasteiger charge is 2.33. The number of carboxylic acid groups (broad SMARTS) is 1. The summed E-state index contributed by atoms with van der Waals surface area (Å²) < 4.78 is 0. The topological polar surface area (TPSA) is 55.8 Å². The van der Waals surface area contributed by atoms with E-state index in [2.05, 4.69) is 20.8 Å². The molecule has 124 valence electrons. The van der Waals surface area contributed by atoms with Crippen molar-refractivity contribution in [3.63, 3.8) is 0 Å². The largest absolute Gasteiger partial charge is 0.479 e. The van der Waals surface area contributed by atoms with Gasteiger partial charge in [0.05, 0.1) is 0 Å². The van der Waals surface area contributed by atoms with Crippen LogP contribution >= 0.6 is 0 Å². The number of carbonyl (C=O) groups is 1. The van der Waals surface area contributed by atoms with Crippen LogP contribution in [0, 0.1) is 11.3 Å². The first-order valence-electron chi connectivity index (χ1n) is 7.66. The Balaban J connectivity index is 2.74. The second-order valence-corrected chi connectivity index (χ2v) is 7.56. The maximum absolute atomic E-state index is 11.5. The average molecular weight is 308 g/mol. The van der Waals surface area contributed by atoms with Crippen molar-refractivity contribution < 1.29 is 19.7 Å². The van der Waals surface area contributed by atoms with Gasteiger partial charge in [-0.05, 0) is 37.2 Å². The Morgan fingerprint density at radius 1 is 1.14 bits per heavy atom. The summed E-state index contributed by atoms with van der Waals surface area (Å²) in [4.78, 5) is 22.3. The van der Waals surface area contributed by atoms with Crippen molar-refractivity contribution in [2.75, 3.05) is 0 Å². The smallest absolute Gasteiger partial charge is 0.336 e. The summed E-state index contributed by atoms with van der Waals surface area (Å²) in [5.41, 5.74) is 0.254. The SMILES string of the molecule is CC(CC(C)(C)C)C(OOC(C)(C)c1ccccc1)C(=O)O. The van der Waals surface area contributed by atoms with Crippen molar-refractivity contribution in [3.8, 4) is 0 Å². The predicted molar refractivity (Wildman–Crippen MR) is 86.3 cm³/mol. The molecule has 0 aromatic heterocycles. The van der Waals surface area contributed by atoms with Crippen LogP contribution < -0.4 is 0 Å². The van der Waals surface area contributed by atoms with Crippen molar-refractivity contribution >= 4 is 5.97 Å². The fourth-order valence-corrected chi connectivity index (χ4v) is 2.51. The van der Waals surface area contributed by atoms with Gasteiger partial charge in [-0.1, -0.05) is 58.0 Å². The molecule has 0 fully saturated rings. The van der Waals surface area contributed by atoms with E-state index in [4.69, 9.17) is 9.78 Å². The maximum atomic E-state index is 11.5. The van der Waals surface area contributed by atoms with E-state index in [0.29, 0.717) is 0 Å². The molecule has 0 bridgehead atoms. The Labute approximate surface area is 133 Å². The molecule has 4 heteroatoms. The fourth-order valence-electron chi connectivity index (χ4n) is 2.51. The Bertz CT molecular complexity index is 474. The number of carboxylic acids is 1. The van der Waals surface area contributed by atoms with Crippen LogP contribution in [0.2, 0.25) is 0 Å². The molecular weight excluding hydrogens is 280 g/mol. The summed E-state index contributed by atoms with van der Waals surface area (Å²) in [6.07, 6.45) is -0.249. The van der Waals surface area contributed by atoms with Gasteiger partial charge in [-0.15, -0.1) is 0 Å². The molecular formula is C18H28O4. The number of aliphatic carboxylic acids is 1. The van der Waals surface area contributed by atoms with Crippen LogP contribution in [0.3, 0.4) is 0 Å². The van der Waals surface area contributed by atoms with E-state index >= 15 is 0 Å². The van der Waals surface area contributed by atoms with Gasteiger partial charge in [-0.3, -0.25) is 0 Å². The highest BCUT2D eigenvalue weighted by molar-refractivity contribution is 5.72. The molecule has 2 unspecified atom stereocenters. The molecule has 1 aromatic rings. The van der Waals surface area contributed by atoms with Crippen LogP contribution in [0.4, 0.5) is 0 Å². The number of benzene rings is 1. The molecule has 1 aromatic carbocycles. The normalized spacial score (nSPS) is 15.4. The van der Waals surface area contributed by atoms with Gasteiger partial charge in [0.2, 0.25) is 0 Å². The van der Waals surface area contributed by atoms with E-state index in [9.17, 15) is 9.90 Å². The highest BCUT2D eigenvalue weighted by atomic mass is 17.2. The second kappa shape index (κ2) is 7.25. The fraction of sp³-hybridized carbons (Fsp3) is 0.611. The van der Waals surface area contributed by atoms with E-state index in [0.717, 1.165) is 12.0 Å². The quantitative estimate of drug-likeness (QED) is 0.599. The standard InChI is InChI=1S/C18H28O4/c1-13(12-17(2,3)4)15(16(19)20)21-22-18(5,6)14-10-8-7-9-11-14/h7-11,13,15H,12H2,1-6H3,(H,19,20). The van der Waals surface area contributed by atoms with Gasteiger partial charge in [-0.25, -0.2) is 14.6 Å². The summed E-state index contributed by atoms with van der Waals surface area (Å²) in [5, 5.41) is 9.40. The van der Waals surface area contributed by atoms with E-state index in [1.54, 1.807) is 0 Å². The second-order valence-electron chi connectivity index (χ2n) is 7.56. The summed E-state index contributed by atoms with van der Waals surface area (Å²) >= 11 is 0. The van der Waals surface area contributed by atoms with Crippen LogP contribution in [0.5, 0.6) is 0 Å². The van der Waals surface area contributed by atoms with Gasteiger partial charge >= 0.3 is 5.97 Å². The highest BCUT2D eigenvalue weighted by Crippen LogP contribution is 2.30. The molecule has 0 aliphatic heterocycles. The zero-order chi connectivity index (χ0) is 17.0. The molecule has 0 heterocycles. The Morgan fingerprint density at radius 3 is 2.14 bits per heavy atom. The number of rotatable bonds is 7. The van der Waals surface area contributed by atoms with Crippen LogP contribution in [0.1, 0.15) is 53.5 Å². The van der Waals surface area contributed by atoms with Gasteiger partial charge < -0.3 is 5.11 Å². The summed E-state index contributed by atoms with van der Waals surface area (Å²) in [7, 11) is 0. The summed E-state index contributed by atoms with van der Waals surface area (Å²) in [6.45, 7) is 11.8. The van der Waals surface area contributed by atoms with Gasteiger partial charge in [0, 0.05) is 0 Å². The minimum absolute atomic E-state index is 0.0332. The Kier molecular flexibility index (Phi) is 6.15. The lowest BCUT2D eigenvalue weighted by atomic mass is 9.83. The monoisotopic (exact) mass is 308 g/mol. The van der Waals surface area contributed by atoms with Gasteiger partial charge in [0.25, 0.3) is 0 Å². The van der Waals surface area contributed by atoms with E-state index in [1.165, 1.54) is 0 Å². The molecule has 0 aliphatic rings. The van der Waals surface area contributed by atoms with Gasteiger partial charge in [0.15, 0.2) is 6.10 Å². The third-order valence-electron chi connectivity index (χ3n) is 3.52. The summed E-state index contributed by atoms with van der Waals surface area (Å²) in [6, 6.07) is 9.61. The molecule has 0 aliphatic carbocycles. The molecule has 0 radical (unpaired) electrons. The molecule has 2 atom stereocenters. The Hall–Kier alpha value is -1.39. The molecule has 4 nitrogen and oxygen atoms in total. The third-order valence-corrected chi connectivity index (χ3v) is 3.52. The Morgan fingerprint density at radius 2 is 1.68 bits per heavy atom. The number of hydrogen-bond acceptors (Lipinski definition) is 3. The van der Waals surface area contributed by atoms with Crippen LogP contribution in [0.15, 0.2) is 30.3 Å². The minimum atomic E-state index is -0.999. The van der Waals surface area contributed by atoms with Gasteiger partial charge in [0.1, 0.15) is 5.60 Å². The maximum Gasteiger partial charge on any atom is 0.336 e. The van der Waals surface area contributed by atoms with E-state index < -0.39 is 17.7 Å². The lowest BCUT2D eigenvalue weighted by Crippen LogP contribution is -2.36. The molecule has 1 N–H and O–H groups in total. The predicted octanol–water partition coefficient (Wildman–Crippen LogP) is 4.40. The molecule has 1 rings (SSSR count). The number of hydrogen-bond donors (Lipinski definition) is 1. The zero-order valence-corrected chi connectivity index (χ0v) is 14.4. The van der Waals surface area contributed by atoms with Crippen molar-refractivity contribution in [3.05, 3.63) is 35.9 Å². The summed E-state index contributed by atoms with van der Waals surface area (Å²) in [5.74, 6) is -1.15. The van der Waals surface area contributed by atoms with Crippen molar-refractivity contribution in [2.24, 2.45) is 11.3 Å². The van der Waals surface area contributed by atoms with E-state index in [-0.39, 0.29) is 11.3 Å². The minimum Gasteiger partial charge on any atom is -0.479 e. The molecule has 22 heavy (non-hydrogen) atoms. The first-order chi connectivity index (χ1) is 10.0. The van der Waals surface area contributed by atoms with Crippen LogP contribution in [0.25, 0.3) is 0 Å². The third kappa shape index (κ3) is 5.78. The van der Waals surface area contributed by atoms with Crippen molar-refractivity contribution in [1.29, 1.82) is 0 Å². The first kappa shape index (κ1) is 18.7. The van der Waals surface area contributed by atoms with E-state index in [1.807, 2.05) is 51.1 Å². The lowest BCUT2D eigenvalue weighted by Gasteiger charge is -2.30. The van der Waals surface area contributed by atoms with Crippen molar-refractivity contribution in [1.82, 2.24) is 0 Å². The van der Waals surface area contributed by atoms with Crippen molar-refractivity contribution in [2.45, 2.75) is 59.7 Å². The average Bonchev–Trinajstić information content (AvgIpc) is 2.37. The lowest BCUT2D eigenvalue weighted by molar-refractivity contribution is -0.383. The van der Waals surface area contributed by atoms with Crippen LogP contribution in [-0.4, -0.2) is 17.2 Å². The molecule has 0 saturated carbocycles.